The van der Waals surface area contributed by atoms with Crippen molar-refractivity contribution in [1.82, 2.24) is 9.88 Å². The van der Waals surface area contributed by atoms with Crippen LogP contribution in [0.5, 0.6) is 0 Å². The van der Waals surface area contributed by atoms with Gasteiger partial charge in [0.1, 0.15) is 5.60 Å². The number of hydrogen-bond donors (Lipinski definition) is 1. The second-order valence-corrected chi connectivity index (χ2v) is 5.22. The van der Waals surface area contributed by atoms with E-state index in [9.17, 15) is 5.11 Å². The molecule has 0 amide bonds. The van der Waals surface area contributed by atoms with Crippen molar-refractivity contribution >= 4 is 35.6 Å². The number of hydrogen-bond acceptors (Lipinski definition) is 3. The number of rotatable bonds is 1. The minimum Gasteiger partial charge on any atom is -0.383 e. The lowest BCUT2D eigenvalue weighted by Gasteiger charge is -2.36. The largest absolute Gasteiger partial charge is 0.383 e. The molecule has 110 valence electrons. The maximum atomic E-state index is 10.9. The Bertz CT molecular complexity index is 563. The lowest BCUT2D eigenvalue weighted by Crippen LogP contribution is -2.41. The molecule has 1 aliphatic rings. The van der Waals surface area contributed by atoms with E-state index in [1.165, 1.54) is 0 Å². The normalized spacial score (nSPS) is 18.1. The van der Waals surface area contributed by atoms with E-state index in [1.807, 2.05) is 24.3 Å². The molecule has 0 radical (unpaired) electrons. The summed E-state index contributed by atoms with van der Waals surface area (Å²) in [6, 6.07) is 10.1. The molecule has 0 unspecified atom stereocenters. The molecule has 0 bridgehead atoms. The summed E-state index contributed by atoms with van der Waals surface area (Å²) in [5, 5.41) is 13.1. The summed E-state index contributed by atoms with van der Waals surface area (Å²) in [6.07, 6.45) is 3.31. The van der Waals surface area contributed by atoms with E-state index in [4.69, 9.17) is 0 Å². The monoisotopic (exact) mass is 314 g/mol. The fourth-order valence-electron chi connectivity index (χ4n) is 2.72. The summed E-state index contributed by atoms with van der Waals surface area (Å²) in [5.41, 5.74) is 0.0709. The number of aromatic nitrogens is 1. The third kappa shape index (κ3) is 3.07. The Morgan fingerprint density at radius 3 is 2.45 bits per heavy atom. The van der Waals surface area contributed by atoms with Crippen LogP contribution in [0.4, 0.5) is 0 Å². The summed E-state index contributed by atoms with van der Waals surface area (Å²) in [4.78, 5) is 6.71. The maximum Gasteiger partial charge on any atom is 0.110 e. The first-order valence-corrected chi connectivity index (χ1v) is 6.44. The van der Waals surface area contributed by atoms with Gasteiger partial charge in [-0.15, -0.1) is 24.8 Å². The van der Waals surface area contributed by atoms with Crippen LogP contribution >= 0.6 is 24.8 Å². The number of likely N-dealkylation sites (tertiary alicyclic amines) is 1. The van der Waals surface area contributed by atoms with Gasteiger partial charge < -0.3 is 10.0 Å². The fraction of sp³-hybridized carbons (Fsp3) is 0.400. The zero-order valence-corrected chi connectivity index (χ0v) is 13.1. The first-order valence-electron chi connectivity index (χ1n) is 6.44. The van der Waals surface area contributed by atoms with Crippen LogP contribution in [0, 0.1) is 0 Å². The molecule has 0 atom stereocenters. The van der Waals surface area contributed by atoms with Gasteiger partial charge in [-0.1, -0.05) is 24.3 Å². The smallest absolute Gasteiger partial charge is 0.110 e. The van der Waals surface area contributed by atoms with Crippen LogP contribution in [-0.2, 0) is 5.60 Å². The van der Waals surface area contributed by atoms with Crippen LogP contribution in [-0.4, -0.2) is 35.1 Å². The highest BCUT2D eigenvalue weighted by molar-refractivity contribution is 5.86. The van der Waals surface area contributed by atoms with Crippen molar-refractivity contribution in [2.45, 2.75) is 18.4 Å². The predicted octanol–water partition coefficient (Wildman–Crippen LogP) is 2.99. The topological polar surface area (TPSA) is 36.4 Å². The highest BCUT2D eigenvalue weighted by atomic mass is 35.5. The minimum absolute atomic E-state index is 0. The molecule has 20 heavy (non-hydrogen) atoms. The molecule has 1 fully saturated rings. The summed E-state index contributed by atoms with van der Waals surface area (Å²) in [6.45, 7) is 1.84. The van der Waals surface area contributed by atoms with Gasteiger partial charge in [0, 0.05) is 24.7 Å². The Labute approximate surface area is 131 Å². The van der Waals surface area contributed by atoms with Crippen molar-refractivity contribution in [2.75, 3.05) is 20.1 Å². The molecule has 0 saturated carbocycles. The molecule has 0 spiro atoms. The SMILES string of the molecule is CN1CCC(O)(c2nccc3ccccc23)CC1.Cl.Cl. The Hall–Kier alpha value is -0.870. The quantitative estimate of drug-likeness (QED) is 0.879. The zero-order chi connectivity index (χ0) is 12.6. The van der Waals surface area contributed by atoms with Gasteiger partial charge >= 0.3 is 0 Å². The van der Waals surface area contributed by atoms with E-state index in [2.05, 4.69) is 23.0 Å². The Morgan fingerprint density at radius 2 is 1.75 bits per heavy atom. The van der Waals surface area contributed by atoms with Crippen LogP contribution in [0.3, 0.4) is 0 Å². The van der Waals surface area contributed by atoms with Crippen molar-refractivity contribution < 1.29 is 5.11 Å². The van der Waals surface area contributed by atoms with Crippen LogP contribution in [0.2, 0.25) is 0 Å². The minimum atomic E-state index is -0.770. The summed E-state index contributed by atoms with van der Waals surface area (Å²) >= 11 is 0. The number of nitrogens with zero attached hydrogens (tertiary/aromatic N) is 2. The van der Waals surface area contributed by atoms with Gasteiger partial charge in [0.05, 0.1) is 5.69 Å². The molecule has 3 rings (SSSR count). The molecular weight excluding hydrogens is 295 g/mol. The van der Waals surface area contributed by atoms with Gasteiger partial charge in [-0.25, -0.2) is 0 Å². The van der Waals surface area contributed by atoms with Gasteiger partial charge in [-0.2, -0.15) is 0 Å². The van der Waals surface area contributed by atoms with Gasteiger partial charge in [-0.05, 0) is 31.3 Å². The number of fused-ring (bicyclic) bond motifs is 1. The lowest BCUT2D eigenvalue weighted by atomic mass is 9.85. The van der Waals surface area contributed by atoms with E-state index in [1.54, 1.807) is 6.20 Å². The van der Waals surface area contributed by atoms with Crippen molar-refractivity contribution in [3.05, 3.63) is 42.2 Å². The van der Waals surface area contributed by atoms with Gasteiger partial charge in [-0.3, -0.25) is 4.98 Å². The first-order chi connectivity index (χ1) is 8.69. The standard InChI is InChI=1S/C15H18N2O.2ClH/c1-17-10-7-15(18,8-11-17)14-13-5-3-2-4-12(13)6-9-16-14;;/h2-6,9,18H,7-8,10-11H2,1H3;2*1H. The van der Waals surface area contributed by atoms with E-state index < -0.39 is 5.60 Å². The molecule has 0 aliphatic carbocycles. The van der Waals surface area contributed by atoms with E-state index in [0.29, 0.717) is 0 Å². The maximum absolute atomic E-state index is 10.9. The average Bonchev–Trinajstić information content (AvgIpc) is 2.42. The number of piperidine rings is 1. The summed E-state index contributed by atoms with van der Waals surface area (Å²) < 4.78 is 0. The van der Waals surface area contributed by atoms with Gasteiger partial charge in [0.25, 0.3) is 0 Å². The second-order valence-electron chi connectivity index (χ2n) is 5.22. The van der Waals surface area contributed by atoms with E-state index in [-0.39, 0.29) is 24.8 Å². The Kier molecular flexibility index (Phi) is 5.78. The van der Waals surface area contributed by atoms with Crippen molar-refractivity contribution in [3.8, 4) is 0 Å². The fourth-order valence-corrected chi connectivity index (χ4v) is 2.72. The van der Waals surface area contributed by atoms with E-state index >= 15 is 0 Å². The molecular formula is C15H20Cl2N2O. The zero-order valence-electron chi connectivity index (χ0n) is 11.5. The van der Waals surface area contributed by atoms with Crippen molar-refractivity contribution in [2.24, 2.45) is 0 Å². The van der Waals surface area contributed by atoms with Crippen LogP contribution in [0.1, 0.15) is 18.5 Å². The molecule has 1 N–H and O–H groups in total. The Balaban J connectivity index is 0.000001000. The molecule has 2 heterocycles. The van der Waals surface area contributed by atoms with Gasteiger partial charge in [0.15, 0.2) is 0 Å². The highest BCUT2D eigenvalue weighted by Crippen LogP contribution is 2.34. The Morgan fingerprint density at radius 1 is 1.10 bits per heavy atom. The molecule has 5 heteroatoms. The van der Waals surface area contributed by atoms with E-state index in [0.717, 1.165) is 42.4 Å². The highest BCUT2D eigenvalue weighted by Gasteiger charge is 2.35. The summed E-state index contributed by atoms with van der Waals surface area (Å²) in [5.74, 6) is 0. The summed E-state index contributed by atoms with van der Waals surface area (Å²) in [7, 11) is 2.09. The number of aliphatic hydroxyl groups is 1. The second kappa shape index (κ2) is 6.72. The molecule has 1 aliphatic heterocycles. The number of benzene rings is 1. The lowest BCUT2D eigenvalue weighted by molar-refractivity contribution is -0.0225. The van der Waals surface area contributed by atoms with Crippen molar-refractivity contribution in [1.29, 1.82) is 0 Å². The van der Waals surface area contributed by atoms with Crippen molar-refractivity contribution in [3.63, 3.8) is 0 Å². The predicted molar refractivity (Wildman–Crippen MR) is 86.9 cm³/mol. The van der Waals surface area contributed by atoms with Crippen LogP contribution < -0.4 is 0 Å². The molecule has 1 aromatic heterocycles. The van der Waals surface area contributed by atoms with Crippen LogP contribution in [0.15, 0.2) is 36.5 Å². The third-order valence-corrected chi connectivity index (χ3v) is 3.93. The molecule has 1 aromatic carbocycles. The average molecular weight is 315 g/mol. The van der Waals surface area contributed by atoms with Gasteiger partial charge in [0.2, 0.25) is 0 Å². The molecule has 3 nitrogen and oxygen atoms in total. The molecule has 2 aromatic rings. The first kappa shape index (κ1) is 17.2. The van der Waals surface area contributed by atoms with Crippen LogP contribution in [0.25, 0.3) is 10.8 Å². The molecule has 1 saturated heterocycles. The third-order valence-electron chi connectivity index (χ3n) is 3.93. The number of pyridine rings is 1. The number of halogens is 2.